The maximum absolute atomic E-state index is 11.8. The molecule has 1 amide bonds. The van der Waals surface area contributed by atoms with Crippen LogP contribution >= 0.6 is 11.8 Å². The van der Waals surface area contributed by atoms with E-state index < -0.39 is 0 Å². The first-order valence-electron chi connectivity index (χ1n) is 4.72. The Balaban J connectivity index is 2.59. The number of rotatable bonds is 5. The van der Waals surface area contributed by atoms with E-state index in [-0.39, 0.29) is 5.91 Å². The van der Waals surface area contributed by atoms with Crippen LogP contribution < -0.4 is 5.73 Å². The minimum Gasteiger partial charge on any atom is -0.455 e. The first-order valence-corrected chi connectivity index (χ1v) is 6.11. The molecule has 1 heterocycles. The molecule has 0 saturated heterocycles. The van der Waals surface area contributed by atoms with Gasteiger partial charge in [-0.05, 0) is 18.4 Å². The molecule has 0 spiro atoms. The molecule has 15 heavy (non-hydrogen) atoms. The van der Waals surface area contributed by atoms with Gasteiger partial charge in [0, 0.05) is 19.3 Å². The molecular weight excluding hydrogens is 212 g/mol. The average molecular weight is 228 g/mol. The zero-order chi connectivity index (χ0) is 11.3. The summed E-state index contributed by atoms with van der Waals surface area (Å²) in [6.07, 6.45) is 2.01. The lowest BCUT2D eigenvalue weighted by atomic mass is 10.4. The minimum absolute atomic E-state index is 0.0937. The van der Waals surface area contributed by atoms with Gasteiger partial charge in [-0.1, -0.05) is 0 Å². The van der Waals surface area contributed by atoms with Crippen LogP contribution in [-0.2, 0) is 6.54 Å². The van der Waals surface area contributed by atoms with E-state index in [4.69, 9.17) is 10.2 Å². The maximum atomic E-state index is 11.8. The monoisotopic (exact) mass is 228 g/mol. The summed E-state index contributed by atoms with van der Waals surface area (Å²) in [4.78, 5) is 13.4. The van der Waals surface area contributed by atoms with E-state index in [1.54, 1.807) is 35.8 Å². The summed E-state index contributed by atoms with van der Waals surface area (Å²) < 4.78 is 5.27. The molecule has 1 aromatic rings. The van der Waals surface area contributed by atoms with Gasteiger partial charge in [-0.3, -0.25) is 4.79 Å². The number of hydrogen-bond acceptors (Lipinski definition) is 4. The van der Waals surface area contributed by atoms with Crippen LogP contribution in [0.1, 0.15) is 16.3 Å². The van der Waals surface area contributed by atoms with Crippen LogP contribution in [0.3, 0.4) is 0 Å². The predicted molar refractivity (Wildman–Crippen MR) is 61.9 cm³/mol. The average Bonchev–Trinajstić information content (AvgIpc) is 2.73. The highest BCUT2D eigenvalue weighted by atomic mass is 32.2. The molecule has 0 fully saturated rings. The molecule has 5 heteroatoms. The third kappa shape index (κ3) is 3.28. The van der Waals surface area contributed by atoms with Crippen LogP contribution in [0, 0.1) is 0 Å². The second kappa shape index (κ2) is 5.82. The van der Waals surface area contributed by atoms with Gasteiger partial charge in [-0.15, -0.1) is 0 Å². The number of hydrogen-bond donors (Lipinski definition) is 1. The summed E-state index contributed by atoms with van der Waals surface area (Å²) in [7, 11) is 1.77. The molecule has 2 N–H and O–H groups in total. The molecule has 1 aromatic heterocycles. The zero-order valence-electron chi connectivity index (χ0n) is 9.03. The van der Waals surface area contributed by atoms with Gasteiger partial charge in [-0.25, -0.2) is 0 Å². The molecular formula is C10H16N2O2S. The van der Waals surface area contributed by atoms with E-state index in [1.807, 2.05) is 6.26 Å². The van der Waals surface area contributed by atoms with Crippen molar-refractivity contribution < 1.29 is 9.21 Å². The lowest BCUT2D eigenvalue weighted by Crippen LogP contribution is -2.28. The van der Waals surface area contributed by atoms with Crippen molar-refractivity contribution in [1.29, 1.82) is 0 Å². The minimum atomic E-state index is -0.0937. The fraction of sp³-hybridized carbons (Fsp3) is 0.500. The van der Waals surface area contributed by atoms with E-state index in [1.165, 1.54) is 0 Å². The van der Waals surface area contributed by atoms with Gasteiger partial charge in [0.2, 0.25) is 0 Å². The Morgan fingerprint density at radius 3 is 2.87 bits per heavy atom. The van der Waals surface area contributed by atoms with Crippen molar-refractivity contribution in [2.45, 2.75) is 6.54 Å². The van der Waals surface area contributed by atoms with E-state index >= 15 is 0 Å². The van der Waals surface area contributed by atoms with Crippen molar-refractivity contribution in [1.82, 2.24) is 4.90 Å². The molecule has 0 saturated carbocycles. The molecule has 0 aliphatic rings. The van der Waals surface area contributed by atoms with Crippen LogP contribution in [0.15, 0.2) is 16.5 Å². The first kappa shape index (κ1) is 12.1. The van der Waals surface area contributed by atoms with Crippen molar-refractivity contribution in [2.75, 3.05) is 25.6 Å². The van der Waals surface area contributed by atoms with Crippen molar-refractivity contribution in [2.24, 2.45) is 5.73 Å². The quantitative estimate of drug-likeness (QED) is 0.822. The van der Waals surface area contributed by atoms with Gasteiger partial charge in [0.05, 0.1) is 6.54 Å². The summed E-state index contributed by atoms with van der Waals surface area (Å²) in [5, 5.41) is 0. The predicted octanol–water partition coefficient (Wildman–Crippen LogP) is 1.17. The Kier molecular flexibility index (Phi) is 4.71. The number of nitrogens with two attached hydrogens (primary N) is 1. The number of carbonyl (C=O) groups excluding carboxylic acids is 1. The lowest BCUT2D eigenvalue weighted by molar-refractivity contribution is 0.0770. The zero-order valence-corrected chi connectivity index (χ0v) is 9.84. The first-order chi connectivity index (χ1) is 7.19. The standard InChI is InChI=1S/C10H16N2O2S/c1-12(5-6-15-2)10(13)9-4-3-8(7-11)14-9/h3-4H,5-7,11H2,1-2H3. The highest BCUT2D eigenvalue weighted by molar-refractivity contribution is 7.98. The fourth-order valence-corrected chi connectivity index (χ4v) is 1.58. The third-order valence-electron chi connectivity index (χ3n) is 2.05. The van der Waals surface area contributed by atoms with Gasteiger partial charge in [0.1, 0.15) is 5.76 Å². The Hall–Kier alpha value is -0.940. The summed E-state index contributed by atoms with van der Waals surface area (Å²) in [5.41, 5.74) is 5.40. The van der Waals surface area contributed by atoms with Gasteiger partial charge in [0.15, 0.2) is 5.76 Å². The fourth-order valence-electron chi connectivity index (χ4n) is 1.12. The Labute approximate surface area is 93.8 Å². The molecule has 0 radical (unpaired) electrons. The second-order valence-corrected chi connectivity index (χ2v) is 4.18. The van der Waals surface area contributed by atoms with Crippen LogP contribution in [0.4, 0.5) is 0 Å². The molecule has 0 aliphatic carbocycles. The summed E-state index contributed by atoms with van der Waals surface area (Å²) >= 11 is 1.71. The van der Waals surface area contributed by atoms with Crippen molar-refractivity contribution in [3.05, 3.63) is 23.7 Å². The molecule has 0 unspecified atom stereocenters. The number of carbonyl (C=O) groups is 1. The van der Waals surface area contributed by atoms with Gasteiger partial charge in [-0.2, -0.15) is 11.8 Å². The van der Waals surface area contributed by atoms with Crippen molar-refractivity contribution >= 4 is 17.7 Å². The molecule has 4 nitrogen and oxygen atoms in total. The molecule has 0 bridgehead atoms. The summed E-state index contributed by atoms with van der Waals surface area (Å²) in [6.45, 7) is 1.04. The smallest absolute Gasteiger partial charge is 0.289 e. The van der Waals surface area contributed by atoms with Gasteiger partial charge >= 0.3 is 0 Å². The Bertz CT molecular complexity index is 325. The number of nitrogens with zero attached hydrogens (tertiary/aromatic N) is 1. The van der Waals surface area contributed by atoms with Crippen LogP contribution in [0.2, 0.25) is 0 Å². The lowest BCUT2D eigenvalue weighted by Gasteiger charge is -2.14. The summed E-state index contributed by atoms with van der Waals surface area (Å²) in [5.74, 6) is 1.83. The van der Waals surface area contributed by atoms with E-state index in [0.29, 0.717) is 18.1 Å². The van der Waals surface area contributed by atoms with Crippen LogP contribution in [-0.4, -0.2) is 36.4 Å². The van der Waals surface area contributed by atoms with Gasteiger partial charge in [0.25, 0.3) is 5.91 Å². The normalized spacial score (nSPS) is 10.3. The molecule has 0 aromatic carbocycles. The molecule has 1 rings (SSSR count). The van der Waals surface area contributed by atoms with Crippen LogP contribution in [0.25, 0.3) is 0 Å². The second-order valence-electron chi connectivity index (χ2n) is 3.19. The maximum Gasteiger partial charge on any atom is 0.289 e. The number of furan rings is 1. The number of amides is 1. The third-order valence-corrected chi connectivity index (χ3v) is 2.64. The SMILES string of the molecule is CSCCN(C)C(=O)c1ccc(CN)o1. The summed E-state index contributed by atoms with van der Waals surface area (Å²) in [6, 6.07) is 3.40. The largest absolute Gasteiger partial charge is 0.455 e. The molecule has 0 aliphatic heterocycles. The Morgan fingerprint density at radius 2 is 2.33 bits per heavy atom. The highest BCUT2D eigenvalue weighted by Crippen LogP contribution is 2.09. The topological polar surface area (TPSA) is 59.5 Å². The number of thioether (sulfide) groups is 1. The van der Waals surface area contributed by atoms with E-state index in [2.05, 4.69) is 0 Å². The van der Waals surface area contributed by atoms with Crippen LogP contribution in [0.5, 0.6) is 0 Å². The molecule has 0 atom stereocenters. The van der Waals surface area contributed by atoms with E-state index in [0.717, 1.165) is 12.3 Å². The van der Waals surface area contributed by atoms with Crippen molar-refractivity contribution in [3.63, 3.8) is 0 Å². The molecule has 84 valence electrons. The highest BCUT2D eigenvalue weighted by Gasteiger charge is 2.14. The van der Waals surface area contributed by atoms with E-state index in [9.17, 15) is 4.79 Å². The van der Waals surface area contributed by atoms with Gasteiger partial charge < -0.3 is 15.1 Å². The Morgan fingerprint density at radius 1 is 1.60 bits per heavy atom. The van der Waals surface area contributed by atoms with Crippen molar-refractivity contribution in [3.8, 4) is 0 Å².